The molecule has 3 heterocycles. The molecule has 3 aliphatic heterocycles. The maximum absolute atomic E-state index is 16.2. The number of esters is 1. The van der Waals surface area contributed by atoms with Crippen molar-refractivity contribution in [1.82, 2.24) is 4.90 Å². The van der Waals surface area contributed by atoms with E-state index >= 15 is 4.39 Å². The van der Waals surface area contributed by atoms with Crippen molar-refractivity contribution in [3.8, 4) is 0 Å². The number of amides is 1. The van der Waals surface area contributed by atoms with Gasteiger partial charge in [-0.05, 0) is 108 Å². The quantitative estimate of drug-likeness (QED) is 0.174. The summed E-state index contributed by atoms with van der Waals surface area (Å²) in [5.74, 6) is -9.19. The third kappa shape index (κ3) is 11.7. The van der Waals surface area contributed by atoms with Crippen LogP contribution in [0.2, 0.25) is 0 Å². The number of halogens is 1. The van der Waals surface area contributed by atoms with Crippen LogP contribution in [-0.2, 0) is 42.9 Å². The second-order valence-electron chi connectivity index (χ2n) is 18.1. The van der Waals surface area contributed by atoms with Gasteiger partial charge < -0.3 is 43.9 Å². The Balaban J connectivity index is 1.77. The summed E-state index contributed by atoms with van der Waals surface area (Å²) in [5.41, 5.74) is 0.931. The number of nitrogens with zero attached hydrogens (tertiary/aromatic N) is 1. The molecule has 0 radical (unpaired) electrons. The smallest absolute Gasteiger partial charge is 0.329 e. The topological polar surface area (TPSA) is 178 Å². The zero-order valence-corrected chi connectivity index (χ0v) is 36.9. The minimum atomic E-state index is -2.61. The van der Waals surface area contributed by atoms with Gasteiger partial charge in [-0.1, -0.05) is 39.8 Å². The SMILES string of the molecule is CCC1/C=C(\C)C(F)C(C)CC(OC)C2OC(O)(C(=O)C(=O)N3CCCCC3C(=O)OC(C(C)=CC3CCC(OC(C)C)C(O)C3)C(C)C(O)CC1=O)C(C)CC2OC. The lowest BCUT2D eigenvalue weighted by atomic mass is 9.81. The van der Waals surface area contributed by atoms with Crippen LogP contribution in [-0.4, -0.2) is 131 Å². The number of aliphatic hydroxyl groups is 3. The molecule has 336 valence electrons. The van der Waals surface area contributed by atoms with Crippen LogP contribution in [0.5, 0.6) is 0 Å². The highest BCUT2D eigenvalue weighted by atomic mass is 19.1. The van der Waals surface area contributed by atoms with Crippen LogP contribution in [0.15, 0.2) is 23.3 Å². The largest absolute Gasteiger partial charge is 0.456 e. The number of Topliss-reactive ketones (excluding diaryl/α,β-unsaturated/α-hetero) is 2. The van der Waals surface area contributed by atoms with Gasteiger partial charge in [-0.15, -0.1) is 0 Å². The highest BCUT2D eigenvalue weighted by Gasteiger charge is 2.57. The fourth-order valence-electron chi connectivity index (χ4n) is 9.56. The summed E-state index contributed by atoms with van der Waals surface area (Å²) in [6.45, 7) is 14.1. The van der Waals surface area contributed by atoms with Gasteiger partial charge in [0.25, 0.3) is 11.7 Å². The number of ketones is 2. The molecule has 3 fully saturated rings. The Kier molecular flexibility index (Phi) is 17.9. The zero-order chi connectivity index (χ0) is 43.9. The Hall–Kier alpha value is -2.59. The van der Waals surface area contributed by atoms with E-state index in [1.54, 1.807) is 40.7 Å². The minimum absolute atomic E-state index is 0.0433. The number of fused-ring (bicyclic) bond motifs is 3. The van der Waals surface area contributed by atoms with Gasteiger partial charge in [0.15, 0.2) is 0 Å². The first kappa shape index (κ1) is 49.1. The fraction of sp³-hybridized carbons (Fsp3) is 0.822. The second-order valence-corrected chi connectivity index (χ2v) is 18.1. The molecule has 2 saturated heterocycles. The number of methoxy groups -OCH3 is 2. The molecule has 3 N–H and O–H groups in total. The molecule has 13 nitrogen and oxygen atoms in total. The average molecular weight is 838 g/mol. The number of rotatable bonds is 7. The average Bonchev–Trinajstić information content (AvgIpc) is 3.20. The molecule has 0 aromatic heterocycles. The van der Waals surface area contributed by atoms with Crippen molar-refractivity contribution in [3.05, 3.63) is 23.3 Å². The number of aliphatic hydroxyl groups excluding tert-OH is 2. The van der Waals surface area contributed by atoms with Crippen molar-refractivity contribution in [2.45, 2.75) is 186 Å². The molecule has 0 spiro atoms. The van der Waals surface area contributed by atoms with Gasteiger partial charge in [-0.3, -0.25) is 14.4 Å². The van der Waals surface area contributed by atoms with Gasteiger partial charge in [0.2, 0.25) is 5.79 Å². The summed E-state index contributed by atoms with van der Waals surface area (Å²) in [4.78, 5) is 57.7. The number of allylic oxidation sites excluding steroid dienone is 3. The molecule has 0 aromatic rings. The van der Waals surface area contributed by atoms with Crippen LogP contribution in [0.4, 0.5) is 4.39 Å². The molecular formula is C45H72FNO12. The summed E-state index contributed by atoms with van der Waals surface area (Å²) in [6.07, 6.45) is -0.665. The van der Waals surface area contributed by atoms with E-state index in [1.807, 2.05) is 26.8 Å². The normalized spacial score (nSPS) is 41.4. The van der Waals surface area contributed by atoms with Crippen molar-refractivity contribution >= 4 is 23.4 Å². The second kappa shape index (κ2) is 21.5. The predicted octanol–water partition coefficient (Wildman–Crippen LogP) is 5.20. The Morgan fingerprint density at radius 2 is 1.64 bits per heavy atom. The Morgan fingerprint density at radius 3 is 2.25 bits per heavy atom. The molecule has 15 unspecified atom stereocenters. The number of cyclic esters (lactones) is 1. The van der Waals surface area contributed by atoms with E-state index in [0.29, 0.717) is 49.7 Å². The highest BCUT2D eigenvalue weighted by Crippen LogP contribution is 2.39. The van der Waals surface area contributed by atoms with Crippen molar-refractivity contribution < 1.29 is 62.6 Å². The molecule has 1 aliphatic carbocycles. The third-order valence-corrected chi connectivity index (χ3v) is 13.2. The lowest BCUT2D eigenvalue weighted by Gasteiger charge is -2.47. The van der Waals surface area contributed by atoms with Crippen molar-refractivity contribution in [3.63, 3.8) is 0 Å². The number of hydrogen-bond donors (Lipinski definition) is 3. The van der Waals surface area contributed by atoms with E-state index in [0.717, 1.165) is 4.90 Å². The molecule has 59 heavy (non-hydrogen) atoms. The van der Waals surface area contributed by atoms with Crippen LogP contribution in [0.25, 0.3) is 0 Å². The summed E-state index contributed by atoms with van der Waals surface area (Å²) >= 11 is 0. The minimum Gasteiger partial charge on any atom is -0.456 e. The van der Waals surface area contributed by atoms with E-state index in [1.165, 1.54) is 14.2 Å². The van der Waals surface area contributed by atoms with E-state index in [4.69, 9.17) is 23.7 Å². The predicted molar refractivity (Wildman–Crippen MR) is 218 cm³/mol. The first-order chi connectivity index (χ1) is 27.8. The molecule has 2 bridgehead atoms. The molecule has 4 rings (SSSR count). The van der Waals surface area contributed by atoms with Crippen molar-refractivity contribution in [1.29, 1.82) is 0 Å². The Labute approximate surface area is 350 Å². The Bertz CT molecular complexity index is 1520. The van der Waals surface area contributed by atoms with Gasteiger partial charge in [0, 0.05) is 44.9 Å². The van der Waals surface area contributed by atoms with E-state index in [9.17, 15) is 34.5 Å². The van der Waals surface area contributed by atoms with Crippen LogP contribution in [0, 0.1) is 29.6 Å². The molecule has 4 aliphatic rings. The molecule has 14 heteroatoms. The fourth-order valence-corrected chi connectivity index (χ4v) is 9.56. The molecular weight excluding hydrogens is 765 g/mol. The van der Waals surface area contributed by atoms with Gasteiger partial charge >= 0.3 is 5.97 Å². The monoisotopic (exact) mass is 838 g/mol. The standard InChI is InChI=1S/C45H72FNO12/c1-11-31-19-25(4)39(46)26(5)20-37(55-9)41-38(56-10)21-28(7)45(54,59-41)42(51)43(52)47-17-13-12-14-32(47)44(53)58-40(29(8)33(48)23-34(31)49)27(6)18-30-15-16-36(35(50)22-30)57-24(2)3/h18-19,24,26,28-33,35-41,48,50,54H,11-17,20-23H2,1-10H3/b25-19+,27-18?. The van der Waals surface area contributed by atoms with Gasteiger partial charge in [-0.2, -0.15) is 0 Å². The Morgan fingerprint density at radius 1 is 0.983 bits per heavy atom. The number of carbonyl (C=O) groups excluding carboxylic acids is 4. The van der Waals surface area contributed by atoms with E-state index in [-0.39, 0.29) is 56.1 Å². The van der Waals surface area contributed by atoms with Crippen LogP contribution >= 0.6 is 0 Å². The highest BCUT2D eigenvalue weighted by molar-refractivity contribution is 6.39. The van der Waals surface area contributed by atoms with E-state index < -0.39 is 96.0 Å². The summed E-state index contributed by atoms with van der Waals surface area (Å²) < 4.78 is 46.1. The first-order valence-electron chi connectivity index (χ1n) is 21.8. The summed E-state index contributed by atoms with van der Waals surface area (Å²) in [5, 5.41) is 34.6. The van der Waals surface area contributed by atoms with Crippen LogP contribution in [0.3, 0.4) is 0 Å². The maximum atomic E-state index is 16.2. The summed E-state index contributed by atoms with van der Waals surface area (Å²) in [6, 6.07) is -1.18. The van der Waals surface area contributed by atoms with Crippen molar-refractivity contribution in [2.75, 3.05) is 20.8 Å². The number of alkyl halides is 1. The van der Waals surface area contributed by atoms with Gasteiger partial charge in [0.1, 0.15) is 30.2 Å². The molecule has 0 aromatic carbocycles. The maximum Gasteiger partial charge on any atom is 0.329 e. The molecule has 1 amide bonds. The first-order valence-corrected chi connectivity index (χ1v) is 21.8. The van der Waals surface area contributed by atoms with Crippen LogP contribution in [0.1, 0.15) is 120 Å². The molecule has 1 saturated carbocycles. The van der Waals surface area contributed by atoms with Crippen molar-refractivity contribution in [2.24, 2.45) is 29.6 Å². The number of carbonyl (C=O) groups is 4. The van der Waals surface area contributed by atoms with E-state index in [2.05, 4.69) is 0 Å². The van der Waals surface area contributed by atoms with Gasteiger partial charge in [-0.25, -0.2) is 9.18 Å². The van der Waals surface area contributed by atoms with Gasteiger partial charge in [0.05, 0.1) is 36.6 Å². The lowest BCUT2D eigenvalue weighted by Crippen LogP contribution is -2.64. The summed E-state index contributed by atoms with van der Waals surface area (Å²) in [7, 11) is 2.88. The molecule has 15 atom stereocenters. The lowest BCUT2D eigenvalue weighted by molar-refractivity contribution is -0.302. The number of ether oxygens (including phenoxy) is 5. The number of piperidine rings is 1. The van der Waals surface area contributed by atoms with Crippen LogP contribution < -0.4 is 0 Å². The zero-order valence-electron chi connectivity index (χ0n) is 36.9. The number of hydrogen-bond acceptors (Lipinski definition) is 12. The third-order valence-electron chi connectivity index (χ3n) is 13.2.